The molecule has 98 valence electrons. The second-order valence-electron chi connectivity index (χ2n) is 7.08. The van der Waals surface area contributed by atoms with E-state index in [4.69, 9.17) is 0 Å². The first kappa shape index (κ1) is 11.9. The minimum absolute atomic E-state index is 0.371. The maximum Gasteiger partial charge on any atom is 0.0352 e. The standard InChI is InChI=1S/C14H27N3/c1-14(2,3)17-10-13(11-17)16-8-12(9-16)15-6-4-5-7-15/h12-13H,4-11H2,1-3H3. The van der Waals surface area contributed by atoms with Crippen LogP contribution in [0, 0.1) is 0 Å². The van der Waals surface area contributed by atoms with Gasteiger partial charge in [-0.05, 0) is 46.7 Å². The molecule has 0 unspecified atom stereocenters. The van der Waals surface area contributed by atoms with E-state index >= 15 is 0 Å². The van der Waals surface area contributed by atoms with Crippen LogP contribution < -0.4 is 0 Å². The molecular formula is C14H27N3. The van der Waals surface area contributed by atoms with Crippen molar-refractivity contribution in [3.05, 3.63) is 0 Å². The van der Waals surface area contributed by atoms with Gasteiger partial charge in [-0.2, -0.15) is 0 Å². The molecule has 0 amide bonds. The number of nitrogens with zero attached hydrogens (tertiary/aromatic N) is 3. The summed E-state index contributed by atoms with van der Waals surface area (Å²) >= 11 is 0. The van der Waals surface area contributed by atoms with Crippen LogP contribution in [-0.2, 0) is 0 Å². The lowest BCUT2D eigenvalue weighted by atomic mass is 9.93. The molecule has 3 nitrogen and oxygen atoms in total. The van der Waals surface area contributed by atoms with Gasteiger partial charge in [-0.3, -0.25) is 14.7 Å². The Hall–Kier alpha value is -0.120. The molecule has 3 rings (SSSR count). The summed E-state index contributed by atoms with van der Waals surface area (Å²) in [6.45, 7) is 14.9. The monoisotopic (exact) mass is 237 g/mol. The number of hydrogen-bond acceptors (Lipinski definition) is 3. The lowest BCUT2D eigenvalue weighted by Gasteiger charge is -2.56. The molecule has 0 atom stereocenters. The Kier molecular flexibility index (Phi) is 2.96. The normalized spacial score (nSPS) is 30.5. The Morgan fingerprint density at radius 1 is 0.765 bits per heavy atom. The van der Waals surface area contributed by atoms with E-state index in [9.17, 15) is 0 Å². The van der Waals surface area contributed by atoms with Crippen LogP contribution in [0.2, 0.25) is 0 Å². The smallest absolute Gasteiger partial charge is 0.0352 e. The zero-order valence-electron chi connectivity index (χ0n) is 11.7. The fraction of sp³-hybridized carbons (Fsp3) is 1.00. The maximum absolute atomic E-state index is 2.71. The SMILES string of the molecule is CC(C)(C)N1CC(N2CC(N3CCCC3)C2)C1. The summed E-state index contributed by atoms with van der Waals surface area (Å²) in [6.07, 6.45) is 2.86. The maximum atomic E-state index is 2.71. The van der Waals surface area contributed by atoms with Crippen LogP contribution in [0.25, 0.3) is 0 Å². The quantitative estimate of drug-likeness (QED) is 0.716. The fourth-order valence-corrected chi connectivity index (χ4v) is 3.36. The van der Waals surface area contributed by atoms with Crippen LogP contribution >= 0.6 is 0 Å². The Labute approximate surface area is 106 Å². The first-order valence-corrected chi connectivity index (χ1v) is 7.27. The topological polar surface area (TPSA) is 9.72 Å². The summed E-state index contributed by atoms with van der Waals surface area (Å²) in [4.78, 5) is 8.00. The predicted octanol–water partition coefficient (Wildman–Crippen LogP) is 1.25. The van der Waals surface area contributed by atoms with Crippen molar-refractivity contribution in [2.75, 3.05) is 39.3 Å². The van der Waals surface area contributed by atoms with Crippen LogP contribution in [0.1, 0.15) is 33.6 Å². The van der Waals surface area contributed by atoms with E-state index in [0.29, 0.717) is 5.54 Å². The van der Waals surface area contributed by atoms with Crippen molar-refractivity contribution in [3.8, 4) is 0 Å². The first-order valence-electron chi connectivity index (χ1n) is 7.27. The van der Waals surface area contributed by atoms with Gasteiger partial charge in [0.05, 0.1) is 0 Å². The van der Waals surface area contributed by atoms with Crippen molar-refractivity contribution < 1.29 is 0 Å². The molecule has 0 aromatic rings. The first-order chi connectivity index (χ1) is 8.04. The molecule has 3 heterocycles. The molecule has 3 heteroatoms. The van der Waals surface area contributed by atoms with Crippen molar-refractivity contribution in [2.24, 2.45) is 0 Å². The molecule has 0 spiro atoms. The third-order valence-electron chi connectivity index (χ3n) is 4.87. The Bertz CT molecular complexity index is 266. The molecule has 0 N–H and O–H groups in total. The second kappa shape index (κ2) is 4.22. The average Bonchev–Trinajstić information content (AvgIpc) is 2.55. The van der Waals surface area contributed by atoms with Gasteiger partial charge in [0.2, 0.25) is 0 Å². The van der Waals surface area contributed by atoms with Gasteiger partial charge in [0.15, 0.2) is 0 Å². The van der Waals surface area contributed by atoms with E-state index in [1.165, 1.54) is 52.1 Å². The zero-order chi connectivity index (χ0) is 12.0. The van der Waals surface area contributed by atoms with Crippen molar-refractivity contribution in [2.45, 2.75) is 51.2 Å². The number of hydrogen-bond donors (Lipinski definition) is 0. The molecule has 17 heavy (non-hydrogen) atoms. The lowest BCUT2D eigenvalue weighted by molar-refractivity contribution is -0.0731. The van der Waals surface area contributed by atoms with Crippen LogP contribution in [0.15, 0.2) is 0 Å². The van der Waals surface area contributed by atoms with E-state index < -0.39 is 0 Å². The van der Waals surface area contributed by atoms with Gasteiger partial charge in [-0.1, -0.05) is 0 Å². The van der Waals surface area contributed by atoms with E-state index in [1.54, 1.807) is 0 Å². The summed E-state index contributed by atoms with van der Waals surface area (Å²) in [6, 6.07) is 1.74. The van der Waals surface area contributed by atoms with Gasteiger partial charge in [-0.25, -0.2) is 0 Å². The van der Waals surface area contributed by atoms with Crippen molar-refractivity contribution in [1.29, 1.82) is 0 Å². The Morgan fingerprint density at radius 3 is 1.82 bits per heavy atom. The van der Waals surface area contributed by atoms with E-state index in [-0.39, 0.29) is 0 Å². The molecule has 3 fully saturated rings. The minimum atomic E-state index is 0.371. The molecule has 0 bridgehead atoms. The molecule has 0 radical (unpaired) electrons. The highest BCUT2D eigenvalue weighted by Gasteiger charge is 2.43. The fourth-order valence-electron chi connectivity index (χ4n) is 3.36. The van der Waals surface area contributed by atoms with Gasteiger partial charge in [-0.15, -0.1) is 0 Å². The summed E-state index contributed by atoms with van der Waals surface area (Å²) in [5.74, 6) is 0. The van der Waals surface area contributed by atoms with Crippen LogP contribution in [0.3, 0.4) is 0 Å². The summed E-state index contributed by atoms with van der Waals surface area (Å²) < 4.78 is 0. The number of rotatable bonds is 2. The highest BCUT2D eigenvalue weighted by atomic mass is 15.4. The zero-order valence-corrected chi connectivity index (χ0v) is 11.7. The summed E-state index contributed by atoms with van der Waals surface area (Å²) in [5.41, 5.74) is 0.371. The summed E-state index contributed by atoms with van der Waals surface area (Å²) in [7, 11) is 0. The third kappa shape index (κ3) is 2.25. The molecule has 0 aromatic carbocycles. The van der Waals surface area contributed by atoms with Gasteiger partial charge in [0, 0.05) is 43.8 Å². The van der Waals surface area contributed by atoms with E-state index in [2.05, 4.69) is 35.5 Å². The minimum Gasteiger partial charge on any atom is -0.298 e. The lowest BCUT2D eigenvalue weighted by Crippen LogP contribution is -2.71. The number of likely N-dealkylation sites (tertiary alicyclic amines) is 3. The molecule has 0 saturated carbocycles. The van der Waals surface area contributed by atoms with Gasteiger partial charge < -0.3 is 0 Å². The molecule has 0 aliphatic carbocycles. The van der Waals surface area contributed by atoms with Crippen molar-refractivity contribution >= 4 is 0 Å². The highest BCUT2D eigenvalue weighted by molar-refractivity contribution is 5.00. The average molecular weight is 237 g/mol. The van der Waals surface area contributed by atoms with Crippen molar-refractivity contribution in [1.82, 2.24) is 14.7 Å². The van der Waals surface area contributed by atoms with E-state index in [0.717, 1.165) is 12.1 Å². The van der Waals surface area contributed by atoms with Gasteiger partial charge in [0.25, 0.3) is 0 Å². The molecule has 3 aliphatic rings. The molecule has 3 saturated heterocycles. The highest BCUT2D eigenvalue weighted by Crippen LogP contribution is 2.29. The largest absolute Gasteiger partial charge is 0.298 e. The van der Waals surface area contributed by atoms with Crippen molar-refractivity contribution in [3.63, 3.8) is 0 Å². The third-order valence-corrected chi connectivity index (χ3v) is 4.87. The molecule has 3 aliphatic heterocycles. The van der Waals surface area contributed by atoms with Crippen LogP contribution in [0.5, 0.6) is 0 Å². The molecular weight excluding hydrogens is 210 g/mol. The predicted molar refractivity (Wildman–Crippen MR) is 71.3 cm³/mol. The van der Waals surface area contributed by atoms with Gasteiger partial charge >= 0.3 is 0 Å². The van der Waals surface area contributed by atoms with E-state index in [1.807, 2.05) is 0 Å². The summed E-state index contributed by atoms with van der Waals surface area (Å²) in [5, 5.41) is 0. The Balaban J connectivity index is 1.40. The van der Waals surface area contributed by atoms with Crippen LogP contribution in [0.4, 0.5) is 0 Å². The van der Waals surface area contributed by atoms with Gasteiger partial charge in [0.1, 0.15) is 0 Å². The second-order valence-corrected chi connectivity index (χ2v) is 7.08. The Morgan fingerprint density at radius 2 is 1.29 bits per heavy atom. The van der Waals surface area contributed by atoms with Crippen LogP contribution in [-0.4, -0.2) is 71.6 Å². The molecule has 0 aromatic heterocycles.